The van der Waals surface area contributed by atoms with Crippen LogP contribution in [0.15, 0.2) is 18.3 Å². The van der Waals surface area contributed by atoms with Crippen LogP contribution in [0.4, 0.5) is 0 Å². The molecule has 0 saturated heterocycles. The molecule has 0 aromatic carbocycles. The minimum absolute atomic E-state index is 0.561. The summed E-state index contributed by atoms with van der Waals surface area (Å²) in [5.74, 6) is 0.690. The van der Waals surface area contributed by atoms with Gasteiger partial charge in [0, 0.05) is 31.9 Å². The van der Waals surface area contributed by atoms with Gasteiger partial charge in [-0.3, -0.25) is 9.88 Å². The van der Waals surface area contributed by atoms with Crippen LogP contribution < -0.4 is 5.32 Å². The molecule has 0 unspecified atom stereocenters. The van der Waals surface area contributed by atoms with Gasteiger partial charge in [0.15, 0.2) is 0 Å². The SMILES string of the molecule is CCNCc1ccc(CN(CC(C)C)C(C)C)nc1. The summed E-state index contributed by atoms with van der Waals surface area (Å²) < 4.78 is 0. The van der Waals surface area contributed by atoms with Crippen LogP contribution in [-0.4, -0.2) is 29.0 Å². The lowest BCUT2D eigenvalue weighted by atomic mass is 10.1. The van der Waals surface area contributed by atoms with Gasteiger partial charge in [-0.15, -0.1) is 0 Å². The maximum atomic E-state index is 4.58. The first-order chi connectivity index (χ1) is 9.02. The highest BCUT2D eigenvalue weighted by molar-refractivity contribution is 5.14. The predicted molar refractivity (Wildman–Crippen MR) is 82.0 cm³/mol. The van der Waals surface area contributed by atoms with Crippen molar-refractivity contribution in [3.05, 3.63) is 29.6 Å². The Balaban J connectivity index is 2.59. The lowest BCUT2D eigenvalue weighted by molar-refractivity contribution is 0.187. The van der Waals surface area contributed by atoms with Gasteiger partial charge in [-0.2, -0.15) is 0 Å². The average molecular weight is 263 g/mol. The van der Waals surface area contributed by atoms with Crippen LogP contribution in [0, 0.1) is 5.92 Å². The van der Waals surface area contributed by atoms with E-state index in [4.69, 9.17) is 0 Å². The molecule has 0 spiro atoms. The molecule has 19 heavy (non-hydrogen) atoms. The third-order valence-electron chi connectivity index (χ3n) is 3.16. The van der Waals surface area contributed by atoms with E-state index in [1.807, 2.05) is 6.20 Å². The molecule has 0 atom stereocenters. The largest absolute Gasteiger partial charge is 0.313 e. The van der Waals surface area contributed by atoms with Crippen molar-refractivity contribution in [1.29, 1.82) is 0 Å². The molecule has 0 radical (unpaired) electrons. The summed E-state index contributed by atoms with van der Waals surface area (Å²) in [5, 5.41) is 3.32. The summed E-state index contributed by atoms with van der Waals surface area (Å²) >= 11 is 0. The van der Waals surface area contributed by atoms with E-state index in [1.54, 1.807) is 0 Å². The minimum Gasteiger partial charge on any atom is -0.313 e. The molecule has 0 saturated carbocycles. The molecule has 3 nitrogen and oxygen atoms in total. The van der Waals surface area contributed by atoms with Gasteiger partial charge in [-0.1, -0.05) is 26.8 Å². The summed E-state index contributed by atoms with van der Waals surface area (Å²) in [6.07, 6.45) is 1.99. The summed E-state index contributed by atoms with van der Waals surface area (Å²) in [7, 11) is 0. The smallest absolute Gasteiger partial charge is 0.0544 e. The van der Waals surface area contributed by atoms with Gasteiger partial charge >= 0.3 is 0 Å². The van der Waals surface area contributed by atoms with Gasteiger partial charge in [0.25, 0.3) is 0 Å². The van der Waals surface area contributed by atoms with Gasteiger partial charge in [0.1, 0.15) is 0 Å². The second-order valence-corrected chi connectivity index (χ2v) is 5.86. The number of rotatable bonds is 8. The van der Waals surface area contributed by atoms with Crippen LogP contribution in [0.2, 0.25) is 0 Å². The fourth-order valence-corrected chi connectivity index (χ4v) is 2.06. The zero-order chi connectivity index (χ0) is 14.3. The van der Waals surface area contributed by atoms with E-state index < -0.39 is 0 Å². The molecule has 1 heterocycles. The van der Waals surface area contributed by atoms with Crippen molar-refractivity contribution >= 4 is 0 Å². The van der Waals surface area contributed by atoms with Crippen LogP contribution in [0.3, 0.4) is 0 Å². The Hall–Kier alpha value is -0.930. The minimum atomic E-state index is 0.561. The normalized spacial score (nSPS) is 11.8. The molecule has 0 bridgehead atoms. The van der Waals surface area contributed by atoms with Crippen molar-refractivity contribution in [2.75, 3.05) is 13.1 Å². The molecule has 1 rings (SSSR count). The zero-order valence-corrected chi connectivity index (χ0v) is 13.1. The lowest BCUT2D eigenvalue weighted by Crippen LogP contribution is -2.33. The molecular formula is C16H29N3. The van der Waals surface area contributed by atoms with E-state index in [2.05, 4.69) is 62.0 Å². The van der Waals surface area contributed by atoms with Crippen LogP contribution in [-0.2, 0) is 13.1 Å². The standard InChI is InChI=1S/C16H29N3/c1-6-17-9-15-7-8-16(18-10-15)12-19(14(4)5)11-13(2)3/h7-8,10,13-14,17H,6,9,11-12H2,1-5H3. The Morgan fingerprint density at radius 2 is 1.95 bits per heavy atom. The summed E-state index contributed by atoms with van der Waals surface area (Å²) in [4.78, 5) is 7.06. The van der Waals surface area contributed by atoms with Crippen molar-refractivity contribution < 1.29 is 0 Å². The molecule has 0 amide bonds. The number of nitrogens with zero attached hydrogens (tertiary/aromatic N) is 2. The van der Waals surface area contributed by atoms with E-state index in [9.17, 15) is 0 Å². The highest BCUT2D eigenvalue weighted by Crippen LogP contribution is 2.10. The zero-order valence-electron chi connectivity index (χ0n) is 13.1. The Morgan fingerprint density at radius 3 is 2.42 bits per heavy atom. The molecule has 0 aliphatic rings. The summed E-state index contributed by atoms with van der Waals surface area (Å²) in [6.45, 7) is 15.1. The van der Waals surface area contributed by atoms with E-state index in [0.29, 0.717) is 12.0 Å². The number of hydrogen-bond acceptors (Lipinski definition) is 3. The van der Waals surface area contributed by atoms with Crippen LogP contribution >= 0.6 is 0 Å². The molecule has 0 aliphatic heterocycles. The third-order valence-corrected chi connectivity index (χ3v) is 3.16. The Morgan fingerprint density at radius 1 is 1.21 bits per heavy atom. The molecular weight excluding hydrogens is 234 g/mol. The molecule has 108 valence electrons. The van der Waals surface area contributed by atoms with Crippen LogP contribution in [0.1, 0.15) is 45.9 Å². The first-order valence-corrected chi connectivity index (χ1v) is 7.41. The van der Waals surface area contributed by atoms with Crippen molar-refractivity contribution in [2.45, 2.75) is 53.8 Å². The third kappa shape index (κ3) is 6.17. The van der Waals surface area contributed by atoms with Crippen molar-refractivity contribution in [3.63, 3.8) is 0 Å². The number of hydrogen-bond donors (Lipinski definition) is 1. The van der Waals surface area contributed by atoms with E-state index >= 15 is 0 Å². The Kier molecular flexibility index (Phi) is 7.03. The van der Waals surface area contributed by atoms with Crippen molar-refractivity contribution in [2.24, 2.45) is 5.92 Å². The van der Waals surface area contributed by atoms with Crippen LogP contribution in [0.25, 0.3) is 0 Å². The highest BCUT2D eigenvalue weighted by Gasteiger charge is 2.12. The first-order valence-electron chi connectivity index (χ1n) is 7.41. The van der Waals surface area contributed by atoms with Gasteiger partial charge in [0.2, 0.25) is 0 Å². The van der Waals surface area contributed by atoms with Gasteiger partial charge in [-0.05, 0) is 37.9 Å². The second-order valence-electron chi connectivity index (χ2n) is 5.86. The van der Waals surface area contributed by atoms with Crippen molar-refractivity contribution in [1.82, 2.24) is 15.2 Å². The van der Waals surface area contributed by atoms with Gasteiger partial charge in [-0.25, -0.2) is 0 Å². The maximum Gasteiger partial charge on any atom is 0.0544 e. The Labute approximate surface area is 118 Å². The number of nitrogens with one attached hydrogen (secondary N) is 1. The summed E-state index contributed by atoms with van der Waals surface area (Å²) in [6, 6.07) is 4.90. The topological polar surface area (TPSA) is 28.2 Å². The van der Waals surface area contributed by atoms with E-state index in [1.165, 1.54) is 5.56 Å². The maximum absolute atomic E-state index is 4.58. The molecule has 1 aromatic heterocycles. The average Bonchev–Trinajstić information content (AvgIpc) is 2.36. The highest BCUT2D eigenvalue weighted by atomic mass is 15.2. The summed E-state index contributed by atoms with van der Waals surface area (Å²) in [5.41, 5.74) is 2.42. The second kappa shape index (κ2) is 8.28. The fraction of sp³-hybridized carbons (Fsp3) is 0.688. The molecule has 0 fully saturated rings. The monoisotopic (exact) mass is 263 g/mol. The van der Waals surface area contributed by atoms with Gasteiger partial charge in [0.05, 0.1) is 5.69 Å². The quantitative estimate of drug-likeness (QED) is 0.781. The molecule has 0 aliphatic carbocycles. The molecule has 1 aromatic rings. The number of pyridine rings is 1. The van der Waals surface area contributed by atoms with E-state index in [0.717, 1.165) is 31.9 Å². The number of aromatic nitrogens is 1. The predicted octanol–water partition coefficient (Wildman–Crippen LogP) is 3.06. The molecule has 3 heteroatoms. The van der Waals surface area contributed by atoms with Crippen molar-refractivity contribution in [3.8, 4) is 0 Å². The van der Waals surface area contributed by atoms with Crippen LogP contribution in [0.5, 0.6) is 0 Å². The Bertz CT molecular complexity index is 344. The fourth-order valence-electron chi connectivity index (χ4n) is 2.06. The van der Waals surface area contributed by atoms with Gasteiger partial charge < -0.3 is 5.32 Å². The molecule has 1 N–H and O–H groups in total. The lowest BCUT2D eigenvalue weighted by Gasteiger charge is -2.27. The van der Waals surface area contributed by atoms with E-state index in [-0.39, 0.29) is 0 Å². The first kappa shape index (κ1) is 16.1.